The largest absolute Gasteiger partial charge is 0.478 e. The van der Waals surface area contributed by atoms with Gasteiger partial charge in [-0.05, 0) is 35.6 Å². The second-order valence-electron chi connectivity index (χ2n) is 3.65. The zero-order valence-corrected chi connectivity index (χ0v) is 11.5. The normalized spacial score (nSPS) is 10.6. The van der Waals surface area contributed by atoms with Crippen LogP contribution in [0.2, 0.25) is 0 Å². The predicted octanol–water partition coefficient (Wildman–Crippen LogP) is 1.50. The third-order valence-corrected chi connectivity index (χ3v) is 3.16. The minimum atomic E-state index is -1.06. The van der Waals surface area contributed by atoms with Gasteiger partial charge in [-0.1, -0.05) is 0 Å². The lowest BCUT2D eigenvalue weighted by atomic mass is 10.3. The lowest BCUT2D eigenvalue weighted by Crippen LogP contribution is -2.25. The van der Waals surface area contributed by atoms with Crippen LogP contribution in [0.25, 0.3) is 0 Å². The molecule has 0 unspecified atom stereocenters. The highest BCUT2D eigenvalue weighted by Crippen LogP contribution is 2.10. The molecule has 2 rings (SSSR count). The summed E-state index contributed by atoms with van der Waals surface area (Å²) in [6, 6.07) is 1.40. The summed E-state index contributed by atoms with van der Waals surface area (Å²) in [5.74, 6) is -0.107. The van der Waals surface area contributed by atoms with Crippen molar-refractivity contribution < 1.29 is 14.3 Å². The average molecular weight is 360 g/mol. The van der Waals surface area contributed by atoms with E-state index >= 15 is 0 Å². The third-order valence-electron chi connectivity index (χ3n) is 2.42. The predicted molar refractivity (Wildman–Crippen MR) is 70.7 cm³/mol. The Kier molecular flexibility index (Phi) is 3.50. The zero-order valence-electron chi connectivity index (χ0n) is 9.38. The minimum Gasteiger partial charge on any atom is -0.478 e. The van der Waals surface area contributed by atoms with Crippen LogP contribution < -0.4 is 5.56 Å². The summed E-state index contributed by atoms with van der Waals surface area (Å²) in [4.78, 5) is 26.7. The highest BCUT2D eigenvalue weighted by atomic mass is 127. The number of carboxylic acids is 1. The van der Waals surface area contributed by atoms with Crippen molar-refractivity contribution in [2.45, 2.75) is 13.5 Å². The van der Waals surface area contributed by atoms with Gasteiger partial charge in [-0.25, -0.2) is 9.78 Å². The fraction of sp³-hybridized carbons (Fsp3) is 0.182. The molecule has 0 saturated heterocycles. The molecule has 0 atom stereocenters. The average Bonchev–Trinajstić information content (AvgIpc) is 2.78. The van der Waals surface area contributed by atoms with Gasteiger partial charge in [-0.15, -0.1) is 0 Å². The van der Waals surface area contributed by atoms with Crippen LogP contribution in [0.1, 0.15) is 21.9 Å². The molecule has 94 valence electrons. The van der Waals surface area contributed by atoms with Gasteiger partial charge in [-0.3, -0.25) is 9.36 Å². The molecule has 0 amide bonds. The number of carbonyl (C=O) groups is 1. The molecule has 2 aromatic heterocycles. The first-order chi connectivity index (χ1) is 8.49. The highest BCUT2D eigenvalue weighted by molar-refractivity contribution is 14.1. The Balaban J connectivity index is 2.37. The molecule has 0 bridgehead atoms. The lowest BCUT2D eigenvalue weighted by Gasteiger charge is -2.06. The quantitative estimate of drug-likeness (QED) is 0.839. The smallest absolute Gasteiger partial charge is 0.338 e. The molecule has 0 aliphatic carbocycles. The second kappa shape index (κ2) is 4.92. The van der Waals surface area contributed by atoms with E-state index in [0.717, 1.165) is 6.26 Å². The van der Waals surface area contributed by atoms with E-state index in [1.54, 1.807) is 6.92 Å². The number of carboxylic acid groups (broad SMARTS) is 1. The number of rotatable bonds is 3. The fourth-order valence-electron chi connectivity index (χ4n) is 1.47. The van der Waals surface area contributed by atoms with Crippen molar-refractivity contribution in [3.8, 4) is 0 Å². The molecular weight excluding hydrogens is 351 g/mol. The van der Waals surface area contributed by atoms with Gasteiger partial charge in [0.05, 0.1) is 15.7 Å². The van der Waals surface area contributed by atoms with E-state index in [2.05, 4.69) is 4.98 Å². The Morgan fingerprint density at radius 2 is 2.33 bits per heavy atom. The van der Waals surface area contributed by atoms with E-state index in [1.165, 1.54) is 16.8 Å². The number of aromatic nitrogens is 2. The summed E-state index contributed by atoms with van der Waals surface area (Å²) in [7, 11) is 0. The first-order valence-electron chi connectivity index (χ1n) is 5.01. The molecular formula is C11H9IN2O4. The van der Waals surface area contributed by atoms with E-state index in [9.17, 15) is 9.59 Å². The number of aryl methyl sites for hydroxylation is 1. The monoisotopic (exact) mass is 360 g/mol. The molecule has 2 heterocycles. The summed E-state index contributed by atoms with van der Waals surface area (Å²) in [6.45, 7) is 1.88. The Bertz CT molecular complexity index is 659. The topological polar surface area (TPSA) is 85.3 Å². The Labute approximate surface area is 115 Å². The van der Waals surface area contributed by atoms with Gasteiger partial charge < -0.3 is 9.52 Å². The highest BCUT2D eigenvalue weighted by Gasteiger charge is 2.11. The SMILES string of the molecule is Cc1ncc(I)c(=O)n1Cc1cc(C(=O)O)co1. The van der Waals surface area contributed by atoms with E-state index in [4.69, 9.17) is 9.52 Å². The summed E-state index contributed by atoms with van der Waals surface area (Å²) >= 11 is 1.90. The van der Waals surface area contributed by atoms with Crippen LogP contribution in [0.15, 0.2) is 27.7 Å². The van der Waals surface area contributed by atoms with Crippen LogP contribution >= 0.6 is 22.6 Å². The molecule has 0 aromatic carbocycles. The molecule has 6 nitrogen and oxygen atoms in total. The van der Waals surface area contributed by atoms with Crippen LogP contribution in [-0.2, 0) is 6.54 Å². The molecule has 7 heteroatoms. The molecule has 0 aliphatic heterocycles. The number of halogens is 1. The summed E-state index contributed by atoms with van der Waals surface area (Å²) in [5.41, 5.74) is -0.106. The first-order valence-corrected chi connectivity index (χ1v) is 6.09. The number of aromatic carboxylic acids is 1. The van der Waals surface area contributed by atoms with Crippen molar-refractivity contribution in [3.63, 3.8) is 0 Å². The van der Waals surface area contributed by atoms with Crippen LogP contribution in [0.3, 0.4) is 0 Å². The lowest BCUT2D eigenvalue weighted by molar-refractivity contribution is 0.0696. The maximum absolute atomic E-state index is 11.9. The molecule has 0 radical (unpaired) electrons. The van der Waals surface area contributed by atoms with E-state index < -0.39 is 5.97 Å². The van der Waals surface area contributed by atoms with Crippen LogP contribution in [0.5, 0.6) is 0 Å². The van der Waals surface area contributed by atoms with Crippen molar-refractivity contribution in [1.82, 2.24) is 9.55 Å². The summed E-state index contributed by atoms with van der Waals surface area (Å²) < 4.78 is 7.05. The maximum atomic E-state index is 11.9. The van der Waals surface area contributed by atoms with Crippen LogP contribution in [-0.4, -0.2) is 20.6 Å². The van der Waals surface area contributed by atoms with Gasteiger partial charge in [0.2, 0.25) is 0 Å². The summed E-state index contributed by atoms with van der Waals surface area (Å²) in [5, 5.41) is 8.78. The van der Waals surface area contributed by atoms with E-state index in [1.807, 2.05) is 22.6 Å². The molecule has 1 N–H and O–H groups in total. The molecule has 0 saturated carbocycles. The van der Waals surface area contributed by atoms with Crippen LogP contribution in [0, 0.1) is 10.5 Å². The first kappa shape index (κ1) is 12.8. The zero-order chi connectivity index (χ0) is 13.3. The maximum Gasteiger partial charge on any atom is 0.338 e. The third kappa shape index (κ3) is 2.45. The van der Waals surface area contributed by atoms with Crippen molar-refractivity contribution in [3.05, 3.63) is 49.6 Å². The van der Waals surface area contributed by atoms with Gasteiger partial charge >= 0.3 is 5.97 Å². The van der Waals surface area contributed by atoms with Gasteiger partial charge in [0, 0.05) is 6.20 Å². The van der Waals surface area contributed by atoms with Crippen molar-refractivity contribution in [2.24, 2.45) is 0 Å². The Hall–Kier alpha value is -1.64. The van der Waals surface area contributed by atoms with Gasteiger partial charge in [-0.2, -0.15) is 0 Å². The molecule has 0 spiro atoms. The van der Waals surface area contributed by atoms with Gasteiger partial charge in [0.1, 0.15) is 17.8 Å². The van der Waals surface area contributed by atoms with E-state index in [0.29, 0.717) is 15.2 Å². The molecule has 0 fully saturated rings. The number of hydrogen-bond acceptors (Lipinski definition) is 4. The second-order valence-corrected chi connectivity index (χ2v) is 4.81. The Morgan fingerprint density at radius 3 is 2.94 bits per heavy atom. The molecule has 0 aliphatic rings. The van der Waals surface area contributed by atoms with Gasteiger partial charge in [0.15, 0.2) is 0 Å². The van der Waals surface area contributed by atoms with Crippen molar-refractivity contribution in [2.75, 3.05) is 0 Å². The van der Waals surface area contributed by atoms with Gasteiger partial charge in [0.25, 0.3) is 5.56 Å². The standard InChI is InChI=1S/C11H9IN2O4/c1-6-13-3-9(12)10(15)14(6)4-8-2-7(5-18-8)11(16)17/h2-3,5H,4H2,1H3,(H,16,17). The Morgan fingerprint density at radius 1 is 1.61 bits per heavy atom. The number of furan rings is 1. The van der Waals surface area contributed by atoms with E-state index in [-0.39, 0.29) is 17.7 Å². The fourth-order valence-corrected chi connectivity index (χ4v) is 1.90. The van der Waals surface area contributed by atoms with Crippen LogP contribution in [0.4, 0.5) is 0 Å². The molecule has 18 heavy (non-hydrogen) atoms. The van der Waals surface area contributed by atoms with Crippen molar-refractivity contribution >= 4 is 28.6 Å². The summed E-state index contributed by atoms with van der Waals surface area (Å²) in [6.07, 6.45) is 2.65. The minimum absolute atomic E-state index is 0.0642. The van der Waals surface area contributed by atoms with Crippen molar-refractivity contribution in [1.29, 1.82) is 0 Å². The molecule has 2 aromatic rings. The number of hydrogen-bond donors (Lipinski definition) is 1. The number of nitrogens with zero attached hydrogens (tertiary/aromatic N) is 2.